The third-order valence-electron chi connectivity index (χ3n) is 3.55. The first kappa shape index (κ1) is 22.4. The maximum atomic E-state index is 12.4. The summed E-state index contributed by atoms with van der Waals surface area (Å²) in [5.41, 5.74) is 0.786. The second-order valence-corrected chi connectivity index (χ2v) is 9.27. The molecule has 0 saturated heterocycles. The number of nitrogens with one attached hydrogen (secondary N) is 1. The SMILES string of the molecule is CCOC(=O)c1cc(NC(=O)CN(c2ccc(I)cc2)S(C)(=O)=O)ccc1Cl. The van der Waals surface area contributed by atoms with E-state index >= 15 is 0 Å². The van der Waals surface area contributed by atoms with Crippen LogP contribution in [0.1, 0.15) is 17.3 Å². The molecule has 0 radical (unpaired) electrons. The van der Waals surface area contributed by atoms with Gasteiger partial charge in [0.15, 0.2) is 0 Å². The number of amides is 1. The van der Waals surface area contributed by atoms with Crippen molar-refractivity contribution in [1.29, 1.82) is 0 Å². The van der Waals surface area contributed by atoms with Gasteiger partial charge in [-0.15, -0.1) is 0 Å². The summed E-state index contributed by atoms with van der Waals surface area (Å²) >= 11 is 8.10. The molecule has 1 amide bonds. The molecule has 0 heterocycles. The summed E-state index contributed by atoms with van der Waals surface area (Å²) in [6.07, 6.45) is 1.03. The van der Waals surface area contributed by atoms with Crippen molar-refractivity contribution in [3.8, 4) is 0 Å². The van der Waals surface area contributed by atoms with E-state index in [9.17, 15) is 18.0 Å². The van der Waals surface area contributed by atoms with Crippen LogP contribution in [-0.4, -0.2) is 39.7 Å². The van der Waals surface area contributed by atoms with Crippen molar-refractivity contribution in [2.45, 2.75) is 6.92 Å². The molecular formula is C18H18ClIN2O5S. The van der Waals surface area contributed by atoms with E-state index in [1.54, 1.807) is 31.2 Å². The molecule has 2 aromatic rings. The molecule has 0 fully saturated rings. The first-order valence-corrected chi connectivity index (χ1v) is 11.4. The van der Waals surface area contributed by atoms with Gasteiger partial charge in [0, 0.05) is 9.26 Å². The maximum absolute atomic E-state index is 12.4. The standard InChI is InChI=1S/C18H18ClIN2O5S/c1-3-27-18(24)15-10-13(6-9-16(15)19)21-17(23)11-22(28(2,25)26)14-7-4-12(20)5-8-14/h4-10H,3,11H2,1-2H3,(H,21,23). The lowest BCUT2D eigenvalue weighted by Gasteiger charge is -2.22. The van der Waals surface area contributed by atoms with Crippen molar-refractivity contribution in [2.24, 2.45) is 0 Å². The van der Waals surface area contributed by atoms with E-state index in [1.807, 2.05) is 0 Å². The van der Waals surface area contributed by atoms with E-state index in [1.165, 1.54) is 18.2 Å². The summed E-state index contributed by atoms with van der Waals surface area (Å²) < 4.78 is 31.1. The van der Waals surface area contributed by atoms with E-state index in [4.69, 9.17) is 16.3 Å². The van der Waals surface area contributed by atoms with Crippen LogP contribution >= 0.6 is 34.2 Å². The van der Waals surface area contributed by atoms with Gasteiger partial charge in [0.05, 0.1) is 29.1 Å². The highest BCUT2D eigenvalue weighted by atomic mass is 127. The van der Waals surface area contributed by atoms with Crippen LogP contribution in [0.5, 0.6) is 0 Å². The lowest BCUT2D eigenvalue weighted by atomic mass is 10.2. The summed E-state index contributed by atoms with van der Waals surface area (Å²) in [5.74, 6) is -1.18. The van der Waals surface area contributed by atoms with Gasteiger partial charge in [0.2, 0.25) is 15.9 Å². The lowest BCUT2D eigenvalue weighted by molar-refractivity contribution is -0.114. The lowest BCUT2D eigenvalue weighted by Crippen LogP contribution is -2.37. The van der Waals surface area contributed by atoms with E-state index in [0.717, 1.165) is 14.1 Å². The van der Waals surface area contributed by atoms with Crippen molar-refractivity contribution in [3.05, 3.63) is 56.6 Å². The van der Waals surface area contributed by atoms with Gasteiger partial charge in [-0.3, -0.25) is 9.10 Å². The molecule has 0 unspecified atom stereocenters. The fourth-order valence-corrected chi connectivity index (χ4v) is 3.72. The number of benzene rings is 2. The topological polar surface area (TPSA) is 92.8 Å². The molecule has 2 aromatic carbocycles. The van der Waals surface area contributed by atoms with Gasteiger partial charge in [-0.1, -0.05) is 11.6 Å². The molecule has 150 valence electrons. The molecule has 1 N–H and O–H groups in total. The van der Waals surface area contributed by atoms with Crippen LogP contribution in [0.2, 0.25) is 5.02 Å². The number of carbonyl (C=O) groups excluding carboxylic acids is 2. The number of halogens is 2. The summed E-state index contributed by atoms with van der Waals surface area (Å²) in [7, 11) is -3.68. The Balaban J connectivity index is 2.20. The molecule has 0 bridgehead atoms. The number of esters is 1. The fraction of sp³-hybridized carbons (Fsp3) is 0.222. The fourth-order valence-electron chi connectivity index (χ4n) is 2.31. The van der Waals surface area contributed by atoms with Gasteiger partial charge in [-0.05, 0) is 72.0 Å². The molecule has 0 saturated carbocycles. The van der Waals surface area contributed by atoms with Crippen LogP contribution in [0.3, 0.4) is 0 Å². The third-order valence-corrected chi connectivity index (χ3v) is 5.74. The van der Waals surface area contributed by atoms with E-state index in [0.29, 0.717) is 11.4 Å². The monoisotopic (exact) mass is 536 g/mol. The largest absolute Gasteiger partial charge is 0.462 e. The first-order chi connectivity index (χ1) is 13.1. The predicted molar refractivity (Wildman–Crippen MR) is 117 cm³/mol. The average Bonchev–Trinajstić information content (AvgIpc) is 2.61. The number of ether oxygens (including phenoxy) is 1. The number of rotatable bonds is 7. The van der Waals surface area contributed by atoms with Gasteiger partial charge in [0.1, 0.15) is 6.54 Å². The van der Waals surface area contributed by atoms with Crippen LogP contribution in [0.15, 0.2) is 42.5 Å². The van der Waals surface area contributed by atoms with E-state index < -0.39 is 28.4 Å². The zero-order chi connectivity index (χ0) is 20.9. The second-order valence-electron chi connectivity index (χ2n) is 5.71. The smallest absolute Gasteiger partial charge is 0.339 e. The number of hydrogen-bond donors (Lipinski definition) is 1. The summed E-state index contributed by atoms with van der Waals surface area (Å²) in [5, 5.41) is 2.77. The molecule has 0 aliphatic rings. The number of nitrogens with zero attached hydrogens (tertiary/aromatic N) is 1. The highest BCUT2D eigenvalue weighted by Gasteiger charge is 2.21. The molecule has 0 atom stereocenters. The van der Waals surface area contributed by atoms with Crippen LogP contribution in [0.25, 0.3) is 0 Å². The van der Waals surface area contributed by atoms with Gasteiger partial charge in [-0.25, -0.2) is 13.2 Å². The Labute approximate surface area is 182 Å². The molecule has 10 heteroatoms. The number of anilines is 2. The Hall–Kier alpha value is -1.85. The van der Waals surface area contributed by atoms with Gasteiger partial charge >= 0.3 is 5.97 Å². The summed E-state index contributed by atoms with van der Waals surface area (Å²) in [6, 6.07) is 11.1. The van der Waals surface area contributed by atoms with Crippen LogP contribution in [-0.2, 0) is 19.6 Å². The van der Waals surface area contributed by atoms with Crippen molar-refractivity contribution in [3.63, 3.8) is 0 Å². The van der Waals surface area contributed by atoms with Crippen LogP contribution < -0.4 is 9.62 Å². The predicted octanol–water partition coefficient (Wildman–Crippen LogP) is 3.53. The zero-order valence-corrected chi connectivity index (χ0v) is 18.8. The van der Waals surface area contributed by atoms with E-state index in [2.05, 4.69) is 27.9 Å². The van der Waals surface area contributed by atoms with Crippen molar-refractivity contribution in [2.75, 3.05) is 29.0 Å². The Kier molecular flexibility index (Phi) is 7.67. The minimum Gasteiger partial charge on any atom is -0.462 e. The Morgan fingerprint density at radius 2 is 1.82 bits per heavy atom. The van der Waals surface area contributed by atoms with Crippen molar-refractivity contribution >= 4 is 67.5 Å². The molecule has 2 rings (SSSR count). The van der Waals surface area contributed by atoms with Crippen molar-refractivity contribution in [1.82, 2.24) is 0 Å². The molecular weight excluding hydrogens is 519 g/mol. The van der Waals surface area contributed by atoms with Gasteiger partial charge in [0.25, 0.3) is 0 Å². The van der Waals surface area contributed by atoms with Crippen LogP contribution in [0.4, 0.5) is 11.4 Å². The molecule has 0 aromatic heterocycles. The highest BCUT2D eigenvalue weighted by molar-refractivity contribution is 14.1. The van der Waals surface area contributed by atoms with Gasteiger partial charge < -0.3 is 10.1 Å². The minimum absolute atomic E-state index is 0.110. The number of carbonyl (C=O) groups is 2. The molecule has 7 nitrogen and oxygen atoms in total. The molecule has 0 aliphatic heterocycles. The Morgan fingerprint density at radius 3 is 2.39 bits per heavy atom. The third kappa shape index (κ3) is 6.08. The summed E-state index contributed by atoms with van der Waals surface area (Å²) in [6.45, 7) is 1.43. The maximum Gasteiger partial charge on any atom is 0.339 e. The van der Waals surface area contributed by atoms with Gasteiger partial charge in [-0.2, -0.15) is 0 Å². The first-order valence-electron chi connectivity index (χ1n) is 8.11. The number of sulfonamides is 1. The minimum atomic E-state index is -3.68. The van der Waals surface area contributed by atoms with Crippen LogP contribution in [0, 0.1) is 3.57 Å². The normalized spacial score (nSPS) is 11.0. The Bertz CT molecular complexity index is 980. The molecule has 0 spiro atoms. The van der Waals surface area contributed by atoms with E-state index in [-0.39, 0.29) is 17.2 Å². The number of hydrogen-bond acceptors (Lipinski definition) is 5. The summed E-state index contributed by atoms with van der Waals surface area (Å²) in [4.78, 5) is 24.4. The average molecular weight is 537 g/mol. The quantitative estimate of drug-likeness (QED) is 0.432. The van der Waals surface area contributed by atoms with Crippen molar-refractivity contribution < 1.29 is 22.7 Å². The molecule has 0 aliphatic carbocycles. The zero-order valence-electron chi connectivity index (χ0n) is 15.1. The molecule has 28 heavy (non-hydrogen) atoms. The highest BCUT2D eigenvalue weighted by Crippen LogP contribution is 2.22. The Morgan fingerprint density at radius 1 is 1.18 bits per heavy atom. The second kappa shape index (κ2) is 9.57.